The summed E-state index contributed by atoms with van der Waals surface area (Å²) in [6, 6.07) is 0.109. The van der Waals surface area contributed by atoms with Crippen molar-refractivity contribution < 1.29 is 18.1 Å². The van der Waals surface area contributed by atoms with Crippen LogP contribution in [0.2, 0.25) is 0 Å². The van der Waals surface area contributed by atoms with Gasteiger partial charge in [0.2, 0.25) is 5.92 Å². The Labute approximate surface area is 138 Å². The summed E-state index contributed by atoms with van der Waals surface area (Å²) in [7, 11) is -1.25. The second kappa shape index (κ2) is 8.57. The molecule has 1 saturated carbocycles. The van der Waals surface area contributed by atoms with Gasteiger partial charge in [-0.2, -0.15) is 0 Å². The third kappa shape index (κ3) is 6.15. The van der Waals surface area contributed by atoms with E-state index in [0.29, 0.717) is 44.9 Å². The van der Waals surface area contributed by atoms with Crippen molar-refractivity contribution in [1.29, 1.82) is 0 Å². The summed E-state index contributed by atoms with van der Waals surface area (Å²) in [5, 5.41) is 10.2. The van der Waals surface area contributed by atoms with Gasteiger partial charge in [0.25, 0.3) is 0 Å². The fourth-order valence-electron chi connectivity index (χ4n) is 3.25. The summed E-state index contributed by atoms with van der Waals surface area (Å²) in [6.45, 7) is 5.84. The number of halogens is 2. The number of rotatable bonds is 6. The van der Waals surface area contributed by atoms with Gasteiger partial charge in [0.05, 0.1) is 18.6 Å². The van der Waals surface area contributed by atoms with Crippen LogP contribution in [-0.4, -0.2) is 82.6 Å². The van der Waals surface area contributed by atoms with E-state index in [1.807, 2.05) is 4.90 Å². The Balaban J connectivity index is 1.83. The van der Waals surface area contributed by atoms with Crippen LogP contribution in [-0.2, 0) is 11.0 Å². The fourth-order valence-corrected chi connectivity index (χ4v) is 4.14. The van der Waals surface area contributed by atoms with Crippen molar-refractivity contribution >= 4 is 17.7 Å². The minimum absolute atomic E-state index is 0.0730. The molecule has 1 unspecified atom stereocenters. The summed E-state index contributed by atoms with van der Waals surface area (Å²) in [5.74, 6) is -2.22. The topological polar surface area (TPSA) is 68.2 Å². The third-order valence-corrected chi connectivity index (χ3v) is 5.51. The molecule has 9 heteroatoms. The molecule has 2 aliphatic rings. The number of aliphatic hydroxyl groups is 1. The molecule has 134 valence electrons. The normalized spacial score (nSPS) is 29.1. The lowest BCUT2D eigenvalue weighted by atomic mass is 9.91. The zero-order valence-electron chi connectivity index (χ0n) is 13.3. The highest BCUT2D eigenvalue weighted by atomic mass is 32.2. The van der Waals surface area contributed by atoms with Gasteiger partial charge in [-0.05, 0) is 19.6 Å². The molecule has 0 amide bonds. The molecule has 2 N–H and O–H groups in total. The fraction of sp³-hybridized carbons (Fsp3) is 0.929. The molecule has 2 rings (SSSR count). The number of hydrogen-bond acceptors (Lipinski definition) is 5. The molecule has 0 aromatic rings. The Morgan fingerprint density at radius 2 is 2.00 bits per heavy atom. The molecule has 23 heavy (non-hydrogen) atoms. The molecule has 0 aromatic heterocycles. The average Bonchev–Trinajstić information content (AvgIpc) is 2.66. The van der Waals surface area contributed by atoms with Crippen molar-refractivity contribution in [2.45, 2.75) is 43.8 Å². The molecule has 6 nitrogen and oxygen atoms in total. The number of hydrogen-bond donors (Lipinski definition) is 2. The van der Waals surface area contributed by atoms with E-state index in [2.05, 4.69) is 21.3 Å². The molecular weight excluding hydrogens is 326 g/mol. The van der Waals surface area contributed by atoms with Gasteiger partial charge in [-0.1, -0.05) is 0 Å². The van der Waals surface area contributed by atoms with Crippen LogP contribution < -0.4 is 4.72 Å². The van der Waals surface area contributed by atoms with Gasteiger partial charge in [-0.15, -0.1) is 0 Å². The first-order chi connectivity index (χ1) is 10.9. The van der Waals surface area contributed by atoms with Crippen molar-refractivity contribution in [1.82, 2.24) is 14.5 Å². The van der Waals surface area contributed by atoms with Gasteiger partial charge in [-0.25, -0.2) is 17.7 Å². The molecule has 0 bridgehead atoms. The lowest BCUT2D eigenvalue weighted by Gasteiger charge is -2.36. The second-order valence-electron chi connectivity index (χ2n) is 6.31. The molecule has 0 spiro atoms. The van der Waals surface area contributed by atoms with Crippen molar-refractivity contribution in [2.75, 3.05) is 38.7 Å². The number of aliphatic imine (C=N–C) groups is 1. The maximum atomic E-state index is 13.3. The summed E-state index contributed by atoms with van der Waals surface area (Å²) in [5.41, 5.74) is 0. The van der Waals surface area contributed by atoms with Crippen molar-refractivity contribution in [3.05, 3.63) is 0 Å². The van der Waals surface area contributed by atoms with Crippen LogP contribution in [0.1, 0.15) is 25.7 Å². The summed E-state index contributed by atoms with van der Waals surface area (Å²) < 4.78 is 41.1. The highest BCUT2D eigenvalue weighted by Gasteiger charge is 2.37. The number of aliphatic hydroxyl groups excluding tert-OH is 1. The van der Waals surface area contributed by atoms with Crippen molar-refractivity contribution in [3.8, 4) is 0 Å². The molecule has 0 aromatic carbocycles. The first-order valence-corrected chi connectivity index (χ1v) is 9.28. The highest BCUT2D eigenvalue weighted by Crippen LogP contribution is 2.35. The van der Waals surface area contributed by atoms with Gasteiger partial charge in [0.1, 0.15) is 11.0 Å². The van der Waals surface area contributed by atoms with Gasteiger partial charge >= 0.3 is 0 Å². The van der Waals surface area contributed by atoms with E-state index in [1.165, 1.54) is 0 Å². The summed E-state index contributed by atoms with van der Waals surface area (Å²) >= 11 is 0. The van der Waals surface area contributed by atoms with Crippen LogP contribution >= 0.6 is 0 Å². The van der Waals surface area contributed by atoms with Crippen LogP contribution in [0.3, 0.4) is 0 Å². The van der Waals surface area contributed by atoms with Gasteiger partial charge in [0.15, 0.2) is 0 Å². The number of nitrogens with zero attached hydrogens (tertiary/aromatic N) is 3. The maximum absolute atomic E-state index is 13.3. The maximum Gasteiger partial charge on any atom is 0.248 e. The van der Waals surface area contributed by atoms with Gasteiger partial charge in [-0.3, -0.25) is 14.8 Å². The van der Waals surface area contributed by atoms with Crippen LogP contribution in [0.15, 0.2) is 4.99 Å². The lowest BCUT2D eigenvalue weighted by Crippen LogP contribution is -2.44. The van der Waals surface area contributed by atoms with Gasteiger partial charge in [0, 0.05) is 45.1 Å². The van der Waals surface area contributed by atoms with Crippen LogP contribution in [0.25, 0.3) is 0 Å². The third-order valence-electron chi connectivity index (χ3n) is 4.46. The summed E-state index contributed by atoms with van der Waals surface area (Å²) in [6.07, 6.45) is 0.234. The minimum atomic E-state index is -2.53. The highest BCUT2D eigenvalue weighted by molar-refractivity contribution is 7.82. The van der Waals surface area contributed by atoms with Gasteiger partial charge < -0.3 is 5.11 Å². The monoisotopic (exact) mass is 352 g/mol. The van der Waals surface area contributed by atoms with E-state index in [4.69, 9.17) is 0 Å². The molecule has 1 saturated heterocycles. The molecular formula is C14H26F2N4O2S. The van der Waals surface area contributed by atoms with E-state index in [9.17, 15) is 18.1 Å². The predicted molar refractivity (Wildman–Crippen MR) is 86.9 cm³/mol. The molecule has 1 heterocycles. The Kier molecular flexibility index (Phi) is 7.02. The smallest absolute Gasteiger partial charge is 0.248 e. The standard InChI is InChI=1S/C14H26F2N4O2S/c1-17-10-18-23(22)11-19-6-7-20(9-13(21)8-19)12-2-4-14(15,16)5-3-12/h12-13,18,21H,1-11H2/t13-,23?/m0/s1. The first-order valence-electron chi connectivity index (χ1n) is 7.96. The van der Waals surface area contributed by atoms with Crippen LogP contribution in [0, 0.1) is 0 Å². The van der Waals surface area contributed by atoms with Crippen molar-refractivity contribution in [3.63, 3.8) is 0 Å². The molecule has 0 radical (unpaired) electrons. The van der Waals surface area contributed by atoms with Crippen LogP contribution in [0.5, 0.6) is 0 Å². The largest absolute Gasteiger partial charge is 0.390 e. The number of nitrogens with one attached hydrogen (secondary N) is 1. The Bertz CT molecular complexity index is 418. The molecule has 2 atom stereocenters. The Morgan fingerprint density at radius 3 is 2.65 bits per heavy atom. The molecule has 1 aliphatic heterocycles. The van der Waals surface area contributed by atoms with Crippen LogP contribution in [0.4, 0.5) is 8.78 Å². The molecule has 2 fully saturated rings. The van der Waals surface area contributed by atoms with E-state index in [-0.39, 0.29) is 25.6 Å². The van der Waals surface area contributed by atoms with Crippen molar-refractivity contribution in [2.24, 2.45) is 4.99 Å². The predicted octanol–water partition coefficient (Wildman–Crippen LogP) is 0.412. The SMILES string of the molecule is C=NCNS(=O)CN1CCN(C2CCC(F)(F)CC2)C[C@@H](O)C1. The summed E-state index contributed by atoms with van der Waals surface area (Å²) in [4.78, 5) is 7.65. The quantitative estimate of drug-likeness (QED) is 0.680. The van der Waals surface area contributed by atoms with E-state index >= 15 is 0 Å². The van der Waals surface area contributed by atoms with E-state index in [1.54, 1.807) is 0 Å². The van der Waals surface area contributed by atoms with E-state index < -0.39 is 23.0 Å². The zero-order chi connectivity index (χ0) is 16.9. The molecule has 1 aliphatic carbocycles. The first kappa shape index (κ1) is 18.9. The minimum Gasteiger partial charge on any atom is -0.390 e. The average molecular weight is 352 g/mol. The number of alkyl halides is 2. The lowest BCUT2D eigenvalue weighted by molar-refractivity contribution is -0.0556. The zero-order valence-corrected chi connectivity index (χ0v) is 14.1. The van der Waals surface area contributed by atoms with E-state index in [0.717, 1.165) is 0 Å². The second-order valence-corrected chi connectivity index (χ2v) is 7.55. The Hall–Kier alpha value is -0.480. The number of β-amino-alcohol motifs (C(OH)–C–C–N with tert-alkyl or cyclic N) is 1. The Morgan fingerprint density at radius 1 is 1.30 bits per heavy atom.